The van der Waals surface area contributed by atoms with Crippen LogP contribution in [0.15, 0.2) is 52.7 Å². The molecule has 1 fully saturated rings. The Morgan fingerprint density at radius 3 is 2.31 bits per heavy atom. The van der Waals surface area contributed by atoms with Gasteiger partial charge in [0.1, 0.15) is 5.82 Å². The molecule has 1 aromatic heterocycles. The van der Waals surface area contributed by atoms with Gasteiger partial charge in [-0.1, -0.05) is 11.6 Å². The molecule has 1 aliphatic heterocycles. The van der Waals surface area contributed by atoms with E-state index >= 15 is 0 Å². The molecule has 32 heavy (non-hydrogen) atoms. The molecule has 1 aliphatic rings. The van der Waals surface area contributed by atoms with Crippen molar-refractivity contribution in [2.45, 2.75) is 17.6 Å². The van der Waals surface area contributed by atoms with Gasteiger partial charge in [-0.3, -0.25) is 9.59 Å². The topological polar surface area (TPSA) is 53.5 Å². The summed E-state index contributed by atoms with van der Waals surface area (Å²) in [5.74, 6) is 0.0121. The van der Waals surface area contributed by atoms with Crippen molar-refractivity contribution in [3.8, 4) is 0 Å². The molecule has 4 rings (SSSR count). The van der Waals surface area contributed by atoms with E-state index < -0.39 is 5.82 Å². The third-order valence-electron chi connectivity index (χ3n) is 5.17. The van der Waals surface area contributed by atoms with E-state index in [1.165, 1.54) is 12.1 Å². The summed E-state index contributed by atoms with van der Waals surface area (Å²) in [6.45, 7) is 3.66. The SMILES string of the molecule is Cc1nc(CSc2ccc(C(=O)N3CCN(C(=O)c4ccc(F)cc4Cl)CC3)cc2)cs1. The van der Waals surface area contributed by atoms with Gasteiger partial charge in [0.25, 0.3) is 11.8 Å². The van der Waals surface area contributed by atoms with Gasteiger partial charge in [0.05, 0.1) is 21.3 Å². The summed E-state index contributed by atoms with van der Waals surface area (Å²) < 4.78 is 13.2. The van der Waals surface area contributed by atoms with Gasteiger partial charge >= 0.3 is 0 Å². The number of hydrogen-bond donors (Lipinski definition) is 0. The highest BCUT2D eigenvalue weighted by molar-refractivity contribution is 7.98. The van der Waals surface area contributed by atoms with Crippen molar-refractivity contribution in [3.05, 3.63) is 80.5 Å². The molecule has 2 amide bonds. The number of amides is 2. The van der Waals surface area contributed by atoms with Crippen LogP contribution in [0.2, 0.25) is 5.02 Å². The minimum Gasteiger partial charge on any atom is -0.335 e. The summed E-state index contributed by atoms with van der Waals surface area (Å²) in [6.07, 6.45) is 0. The van der Waals surface area contributed by atoms with Crippen molar-refractivity contribution in [1.82, 2.24) is 14.8 Å². The second kappa shape index (κ2) is 10.0. The van der Waals surface area contributed by atoms with Crippen molar-refractivity contribution < 1.29 is 14.0 Å². The van der Waals surface area contributed by atoms with Crippen molar-refractivity contribution >= 4 is 46.5 Å². The molecule has 0 N–H and O–H groups in total. The fourth-order valence-electron chi connectivity index (χ4n) is 3.45. The highest BCUT2D eigenvalue weighted by Crippen LogP contribution is 2.25. The van der Waals surface area contributed by atoms with Gasteiger partial charge < -0.3 is 9.80 Å². The number of rotatable bonds is 5. The van der Waals surface area contributed by atoms with E-state index in [-0.39, 0.29) is 22.4 Å². The van der Waals surface area contributed by atoms with E-state index in [4.69, 9.17) is 11.6 Å². The average Bonchev–Trinajstić information content (AvgIpc) is 3.22. The van der Waals surface area contributed by atoms with Crippen molar-refractivity contribution in [3.63, 3.8) is 0 Å². The number of piperazine rings is 1. The van der Waals surface area contributed by atoms with Crippen molar-refractivity contribution in [1.29, 1.82) is 0 Å². The fourth-order valence-corrected chi connectivity index (χ4v) is 5.21. The Hall–Kier alpha value is -2.42. The van der Waals surface area contributed by atoms with Crippen LogP contribution in [0.3, 0.4) is 0 Å². The number of aromatic nitrogens is 1. The maximum atomic E-state index is 13.2. The zero-order chi connectivity index (χ0) is 22.7. The Morgan fingerprint density at radius 2 is 1.72 bits per heavy atom. The highest BCUT2D eigenvalue weighted by atomic mass is 35.5. The first-order valence-electron chi connectivity index (χ1n) is 10.1. The van der Waals surface area contributed by atoms with Gasteiger partial charge in [-0.05, 0) is 49.4 Å². The van der Waals surface area contributed by atoms with E-state index in [9.17, 15) is 14.0 Å². The number of thiazole rings is 1. The number of thioether (sulfide) groups is 1. The van der Waals surface area contributed by atoms with Crippen LogP contribution in [0, 0.1) is 12.7 Å². The van der Waals surface area contributed by atoms with Crippen LogP contribution in [0.25, 0.3) is 0 Å². The lowest BCUT2D eigenvalue weighted by Gasteiger charge is -2.35. The monoisotopic (exact) mass is 489 g/mol. The molecular weight excluding hydrogens is 469 g/mol. The number of nitrogens with zero attached hydrogens (tertiary/aromatic N) is 3. The summed E-state index contributed by atoms with van der Waals surface area (Å²) in [7, 11) is 0. The lowest BCUT2D eigenvalue weighted by atomic mass is 10.1. The molecule has 0 atom stereocenters. The summed E-state index contributed by atoms with van der Waals surface area (Å²) in [5.41, 5.74) is 1.96. The Labute approximate surface area is 199 Å². The summed E-state index contributed by atoms with van der Waals surface area (Å²) in [4.78, 5) is 34.5. The second-order valence-corrected chi connectivity index (χ2v) is 9.90. The number of benzene rings is 2. The lowest BCUT2D eigenvalue weighted by molar-refractivity contribution is 0.0535. The Morgan fingerprint density at radius 1 is 1.06 bits per heavy atom. The molecule has 2 heterocycles. The van der Waals surface area contributed by atoms with Gasteiger partial charge in [-0.15, -0.1) is 23.1 Å². The number of aryl methyl sites for hydroxylation is 1. The van der Waals surface area contributed by atoms with Gasteiger partial charge in [-0.2, -0.15) is 0 Å². The largest absolute Gasteiger partial charge is 0.335 e. The number of carbonyl (C=O) groups is 2. The van der Waals surface area contributed by atoms with E-state index in [1.54, 1.807) is 32.9 Å². The van der Waals surface area contributed by atoms with E-state index in [0.29, 0.717) is 31.7 Å². The summed E-state index contributed by atoms with van der Waals surface area (Å²) >= 11 is 9.35. The minimum atomic E-state index is -0.482. The maximum absolute atomic E-state index is 13.2. The van der Waals surface area contributed by atoms with Gasteiger partial charge in [0.15, 0.2) is 0 Å². The van der Waals surface area contributed by atoms with Crippen molar-refractivity contribution in [2.24, 2.45) is 0 Å². The fraction of sp³-hybridized carbons (Fsp3) is 0.261. The molecule has 166 valence electrons. The van der Waals surface area contributed by atoms with Gasteiger partial charge in [0, 0.05) is 47.8 Å². The average molecular weight is 490 g/mol. The van der Waals surface area contributed by atoms with Crippen LogP contribution in [0.4, 0.5) is 4.39 Å². The van der Waals surface area contributed by atoms with Crippen LogP contribution in [0.1, 0.15) is 31.4 Å². The Kier molecular flexibility index (Phi) is 7.13. The van der Waals surface area contributed by atoms with Gasteiger partial charge in [-0.25, -0.2) is 9.37 Å². The van der Waals surface area contributed by atoms with Crippen LogP contribution in [-0.2, 0) is 5.75 Å². The van der Waals surface area contributed by atoms with Crippen molar-refractivity contribution in [2.75, 3.05) is 26.2 Å². The van der Waals surface area contributed by atoms with Crippen LogP contribution >= 0.6 is 34.7 Å². The molecule has 0 aliphatic carbocycles. The zero-order valence-electron chi connectivity index (χ0n) is 17.4. The molecule has 9 heteroatoms. The summed E-state index contributed by atoms with van der Waals surface area (Å²) in [6, 6.07) is 11.3. The van der Waals surface area contributed by atoms with Crippen LogP contribution in [0.5, 0.6) is 0 Å². The normalized spacial score (nSPS) is 14.0. The standard InChI is InChI=1S/C23H21ClFN3O2S2/c1-15-26-18(13-31-15)14-32-19-5-2-16(3-6-19)22(29)27-8-10-28(11-9-27)23(30)20-7-4-17(25)12-21(20)24/h2-7,12-13H,8-11,14H2,1H3. The molecular formula is C23H21ClFN3O2S2. The molecule has 0 spiro atoms. The lowest BCUT2D eigenvalue weighted by Crippen LogP contribution is -2.50. The number of carbonyl (C=O) groups excluding carboxylic acids is 2. The predicted octanol–water partition coefficient (Wildman–Crippen LogP) is 5.13. The molecule has 5 nitrogen and oxygen atoms in total. The van der Waals surface area contributed by atoms with E-state index in [0.717, 1.165) is 27.4 Å². The minimum absolute atomic E-state index is 0.0522. The van der Waals surface area contributed by atoms with Crippen LogP contribution in [-0.4, -0.2) is 52.8 Å². The van der Waals surface area contributed by atoms with E-state index in [1.807, 2.05) is 31.2 Å². The first kappa shape index (κ1) is 22.8. The quantitative estimate of drug-likeness (QED) is 0.466. The third-order valence-corrected chi connectivity index (χ3v) is 7.35. The zero-order valence-corrected chi connectivity index (χ0v) is 19.8. The molecule has 1 saturated heterocycles. The summed E-state index contributed by atoms with van der Waals surface area (Å²) in [5, 5.41) is 3.22. The first-order chi connectivity index (χ1) is 15.4. The molecule has 0 radical (unpaired) electrons. The number of halogens is 2. The second-order valence-electron chi connectivity index (χ2n) is 7.38. The highest BCUT2D eigenvalue weighted by Gasteiger charge is 2.26. The molecule has 3 aromatic rings. The Bertz CT molecular complexity index is 1130. The third kappa shape index (κ3) is 5.31. The number of hydrogen-bond acceptors (Lipinski definition) is 5. The molecule has 0 saturated carbocycles. The first-order valence-corrected chi connectivity index (χ1v) is 12.3. The maximum Gasteiger partial charge on any atom is 0.255 e. The van der Waals surface area contributed by atoms with Gasteiger partial charge in [0.2, 0.25) is 0 Å². The molecule has 0 bridgehead atoms. The molecule has 0 unspecified atom stereocenters. The smallest absolute Gasteiger partial charge is 0.255 e. The molecule has 2 aromatic carbocycles. The Balaban J connectivity index is 1.31. The van der Waals surface area contributed by atoms with E-state index in [2.05, 4.69) is 10.4 Å². The predicted molar refractivity (Wildman–Crippen MR) is 126 cm³/mol. The van der Waals surface area contributed by atoms with Crippen LogP contribution < -0.4 is 0 Å².